The van der Waals surface area contributed by atoms with Crippen LogP contribution in [0, 0.1) is 5.92 Å². The van der Waals surface area contributed by atoms with E-state index in [4.69, 9.17) is 10.8 Å². The molecule has 4 heteroatoms. The molecule has 3 N–H and O–H groups in total. The predicted octanol–water partition coefficient (Wildman–Crippen LogP) is 1.98. The molecule has 0 amide bonds. The molecule has 1 unspecified atom stereocenters. The normalized spacial score (nSPS) is 11.9. The lowest BCUT2D eigenvalue weighted by Crippen LogP contribution is -2.20. The van der Waals surface area contributed by atoms with Gasteiger partial charge < -0.3 is 10.8 Å². The van der Waals surface area contributed by atoms with E-state index >= 15 is 0 Å². The van der Waals surface area contributed by atoms with Crippen LogP contribution in [-0.2, 0) is 6.42 Å². The Bertz CT molecular complexity index is 266. The Morgan fingerprint density at radius 3 is 2.64 bits per heavy atom. The van der Waals surface area contributed by atoms with Crippen molar-refractivity contribution in [2.24, 2.45) is 11.7 Å². The van der Waals surface area contributed by atoms with Gasteiger partial charge in [-0.05, 0) is 36.6 Å². The van der Waals surface area contributed by atoms with Crippen LogP contribution in [0.15, 0.2) is 28.7 Å². The van der Waals surface area contributed by atoms with E-state index in [1.165, 1.54) is 5.56 Å². The lowest BCUT2D eigenvalue weighted by molar-refractivity contribution is 0.230. The average molecular weight is 281 g/mol. The molecule has 80 valence electrons. The number of nitrogens with two attached hydrogens (primary N) is 1. The van der Waals surface area contributed by atoms with Gasteiger partial charge in [-0.25, -0.2) is 0 Å². The summed E-state index contributed by atoms with van der Waals surface area (Å²) in [5.41, 5.74) is 6.70. The van der Waals surface area contributed by atoms with E-state index in [9.17, 15) is 0 Å². The zero-order valence-corrected chi connectivity index (χ0v) is 10.2. The number of rotatable bonds is 4. The summed E-state index contributed by atoms with van der Waals surface area (Å²) in [7, 11) is 0. The summed E-state index contributed by atoms with van der Waals surface area (Å²) < 4.78 is 1.07. The molecule has 1 atom stereocenters. The first kappa shape index (κ1) is 13.9. The molecule has 1 aromatic carbocycles. The summed E-state index contributed by atoms with van der Waals surface area (Å²) >= 11 is 3.40. The van der Waals surface area contributed by atoms with Crippen molar-refractivity contribution in [3.8, 4) is 0 Å². The smallest absolute Gasteiger partial charge is 0.0474 e. The van der Waals surface area contributed by atoms with Crippen molar-refractivity contribution >= 4 is 28.3 Å². The van der Waals surface area contributed by atoms with Crippen molar-refractivity contribution in [2.75, 3.05) is 13.2 Å². The van der Waals surface area contributed by atoms with Gasteiger partial charge in [-0.3, -0.25) is 0 Å². The first-order valence-electron chi connectivity index (χ1n) is 4.31. The SMILES string of the molecule is Cl.NCC(CO)Cc1cccc(Br)c1. The van der Waals surface area contributed by atoms with Crippen molar-refractivity contribution in [1.29, 1.82) is 0 Å². The Morgan fingerprint density at radius 1 is 1.43 bits per heavy atom. The maximum Gasteiger partial charge on any atom is 0.0474 e. The number of halogens is 2. The summed E-state index contributed by atoms with van der Waals surface area (Å²) in [6.45, 7) is 0.687. The minimum absolute atomic E-state index is 0. The van der Waals surface area contributed by atoms with Gasteiger partial charge in [0.1, 0.15) is 0 Å². The molecule has 0 aliphatic rings. The highest BCUT2D eigenvalue weighted by Gasteiger charge is 2.05. The maximum absolute atomic E-state index is 8.96. The van der Waals surface area contributed by atoms with Crippen LogP contribution in [0.1, 0.15) is 5.56 Å². The summed E-state index contributed by atoms with van der Waals surface area (Å²) in [6, 6.07) is 8.08. The maximum atomic E-state index is 8.96. The van der Waals surface area contributed by atoms with E-state index in [0.29, 0.717) is 6.54 Å². The Balaban J connectivity index is 0.00000169. The van der Waals surface area contributed by atoms with E-state index < -0.39 is 0 Å². The molecular formula is C10H15BrClNO. The van der Waals surface area contributed by atoms with Gasteiger partial charge in [0.25, 0.3) is 0 Å². The average Bonchev–Trinajstić information content (AvgIpc) is 2.14. The fraction of sp³-hybridized carbons (Fsp3) is 0.400. The van der Waals surface area contributed by atoms with Crippen LogP contribution in [0.3, 0.4) is 0 Å². The van der Waals surface area contributed by atoms with Gasteiger partial charge in [0.05, 0.1) is 0 Å². The summed E-state index contributed by atoms with van der Waals surface area (Å²) in [6.07, 6.45) is 0.840. The Morgan fingerprint density at radius 2 is 2.14 bits per heavy atom. The molecule has 0 saturated carbocycles. The number of hydrogen-bond acceptors (Lipinski definition) is 2. The van der Waals surface area contributed by atoms with E-state index in [0.717, 1.165) is 10.9 Å². The second kappa shape index (κ2) is 7.23. The topological polar surface area (TPSA) is 46.2 Å². The van der Waals surface area contributed by atoms with Crippen LogP contribution >= 0.6 is 28.3 Å². The zero-order chi connectivity index (χ0) is 9.68. The quantitative estimate of drug-likeness (QED) is 0.886. The van der Waals surface area contributed by atoms with Crippen LogP contribution in [0.2, 0.25) is 0 Å². The Hall–Kier alpha value is -0.0900. The monoisotopic (exact) mass is 279 g/mol. The molecular weight excluding hydrogens is 265 g/mol. The molecule has 0 spiro atoms. The highest BCUT2D eigenvalue weighted by molar-refractivity contribution is 9.10. The van der Waals surface area contributed by atoms with Crippen LogP contribution in [0.5, 0.6) is 0 Å². The number of aliphatic hydroxyl groups excluding tert-OH is 1. The lowest BCUT2D eigenvalue weighted by Gasteiger charge is -2.10. The highest BCUT2D eigenvalue weighted by Crippen LogP contribution is 2.14. The predicted molar refractivity (Wildman–Crippen MR) is 64.7 cm³/mol. The molecule has 1 rings (SSSR count). The highest BCUT2D eigenvalue weighted by atomic mass is 79.9. The van der Waals surface area contributed by atoms with Crippen LogP contribution in [-0.4, -0.2) is 18.3 Å². The van der Waals surface area contributed by atoms with Gasteiger partial charge in [-0.2, -0.15) is 0 Å². The fourth-order valence-corrected chi connectivity index (χ4v) is 1.67. The fourth-order valence-electron chi connectivity index (χ4n) is 1.22. The lowest BCUT2D eigenvalue weighted by atomic mass is 10.0. The number of benzene rings is 1. The standard InChI is InChI=1S/C10H14BrNO.ClH/c11-10-3-1-2-8(5-10)4-9(6-12)7-13;/h1-3,5,9,13H,4,6-7,12H2;1H. The van der Waals surface area contributed by atoms with E-state index in [-0.39, 0.29) is 24.9 Å². The Kier molecular flexibility index (Phi) is 7.19. The minimum Gasteiger partial charge on any atom is -0.396 e. The molecule has 0 fully saturated rings. The minimum atomic E-state index is 0. The van der Waals surface area contributed by atoms with E-state index in [1.54, 1.807) is 0 Å². The second-order valence-electron chi connectivity index (χ2n) is 3.12. The van der Waals surface area contributed by atoms with Crippen molar-refractivity contribution < 1.29 is 5.11 Å². The molecule has 0 aliphatic heterocycles. The van der Waals surface area contributed by atoms with Crippen molar-refractivity contribution in [1.82, 2.24) is 0 Å². The molecule has 1 aromatic rings. The van der Waals surface area contributed by atoms with Gasteiger partial charge in [0, 0.05) is 11.1 Å². The number of hydrogen-bond donors (Lipinski definition) is 2. The van der Waals surface area contributed by atoms with Crippen LogP contribution < -0.4 is 5.73 Å². The van der Waals surface area contributed by atoms with Crippen LogP contribution in [0.25, 0.3) is 0 Å². The van der Waals surface area contributed by atoms with Gasteiger partial charge >= 0.3 is 0 Å². The first-order valence-corrected chi connectivity index (χ1v) is 5.11. The van der Waals surface area contributed by atoms with Crippen LogP contribution in [0.4, 0.5) is 0 Å². The van der Waals surface area contributed by atoms with Crippen molar-refractivity contribution in [2.45, 2.75) is 6.42 Å². The van der Waals surface area contributed by atoms with Gasteiger partial charge in [-0.1, -0.05) is 28.1 Å². The summed E-state index contributed by atoms with van der Waals surface area (Å²) in [5, 5.41) is 8.96. The van der Waals surface area contributed by atoms with Gasteiger partial charge in [0.15, 0.2) is 0 Å². The van der Waals surface area contributed by atoms with E-state index in [1.807, 2.05) is 18.2 Å². The van der Waals surface area contributed by atoms with Gasteiger partial charge in [-0.15, -0.1) is 12.4 Å². The molecule has 0 radical (unpaired) electrons. The summed E-state index contributed by atoms with van der Waals surface area (Å²) in [5.74, 6) is 0.175. The third kappa shape index (κ3) is 4.42. The molecule has 2 nitrogen and oxygen atoms in total. The second-order valence-corrected chi connectivity index (χ2v) is 4.03. The third-order valence-electron chi connectivity index (χ3n) is 2.00. The third-order valence-corrected chi connectivity index (χ3v) is 2.50. The Labute approximate surface area is 99.0 Å². The number of aliphatic hydroxyl groups is 1. The molecule has 0 bridgehead atoms. The molecule has 0 aromatic heterocycles. The zero-order valence-electron chi connectivity index (χ0n) is 7.82. The summed E-state index contributed by atoms with van der Waals surface area (Å²) in [4.78, 5) is 0. The molecule has 14 heavy (non-hydrogen) atoms. The van der Waals surface area contributed by atoms with Crippen molar-refractivity contribution in [3.63, 3.8) is 0 Å². The molecule has 0 saturated heterocycles. The molecule has 0 heterocycles. The van der Waals surface area contributed by atoms with Crippen molar-refractivity contribution in [3.05, 3.63) is 34.3 Å². The van der Waals surface area contributed by atoms with Gasteiger partial charge in [0.2, 0.25) is 0 Å². The largest absolute Gasteiger partial charge is 0.396 e. The first-order chi connectivity index (χ1) is 6.26. The van der Waals surface area contributed by atoms with E-state index in [2.05, 4.69) is 22.0 Å². The molecule has 0 aliphatic carbocycles.